The van der Waals surface area contributed by atoms with Gasteiger partial charge in [0.1, 0.15) is 5.82 Å². The van der Waals surface area contributed by atoms with Crippen LogP contribution in [-0.2, 0) is 31.9 Å². The van der Waals surface area contributed by atoms with E-state index in [0.29, 0.717) is 44.1 Å². The fraction of sp³-hybridized carbons (Fsp3) is 0.111. The van der Waals surface area contributed by atoms with E-state index in [2.05, 4.69) is 39.2 Å². The van der Waals surface area contributed by atoms with Crippen molar-refractivity contribution in [3.05, 3.63) is 308 Å². The van der Waals surface area contributed by atoms with Crippen LogP contribution in [0, 0.1) is 25.3 Å². The van der Waals surface area contributed by atoms with Crippen LogP contribution in [0.4, 0.5) is 0 Å². The van der Waals surface area contributed by atoms with Gasteiger partial charge < -0.3 is 13.9 Å². The Morgan fingerprint density at radius 1 is 0.511 bits per heavy atom. The van der Waals surface area contributed by atoms with Crippen LogP contribution in [0.25, 0.3) is 83.4 Å². The van der Waals surface area contributed by atoms with Crippen molar-refractivity contribution in [1.29, 1.82) is 0 Å². The Morgan fingerprint density at radius 2 is 1.14 bits per heavy atom. The molecule has 0 atom stereocenters. The first-order valence-corrected chi connectivity index (χ1v) is 30.1. The predicted molar refractivity (Wildman–Crippen MR) is 362 cm³/mol. The molecule has 11 aromatic carbocycles. The van der Waals surface area contributed by atoms with Gasteiger partial charge in [0.2, 0.25) is 0 Å². The van der Waals surface area contributed by atoms with E-state index in [4.69, 9.17) is 24.8 Å². The summed E-state index contributed by atoms with van der Waals surface area (Å²) < 4.78 is 224. The molecule has 0 bridgehead atoms. The third-order valence-corrected chi connectivity index (χ3v) is 19.9. The molecule has 0 spiro atoms. The zero-order valence-electron chi connectivity index (χ0n) is 71.4. The van der Waals surface area contributed by atoms with Crippen LogP contribution in [0.3, 0.4) is 0 Å². The summed E-state index contributed by atoms with van der Waals surface area (Å²) in [6.07, 6.45) is 4.79. The average Bonchev–Trinajstić information content (AvgIpc) is 0.721. The Bertz CT molecular complexity index is 5960. The van der Waals surface area contributed by atoms with E-state index in [1.807, 2.05) is 106 Å². The van der Waals surface area contributed by atoms with Crippen molar-refractivity contribution in [2.45, 2.75) is 59.2 Å². The molecule has 432 valence electrons. The molecule has 5 nitrogen and oxygen atoms in total. The van der Waals surface area contributed by atoms with Crippen LogP contribution in [0.1, 0.15) is 89.8 Å². The molecular weight excluding hydrogens is 1270 g/mol. The van der Waals surface area contributed by atoms with Gasteiger partial charge in [-0.1, -0.05) is 265 Å². The third kappa shape index (κ3) is 10.4. The van der Waals surface area contributed by atoms with Crippen molar-refractivity contribution >= 4 is 61.7 Å². The Morgan fingerprint density at radius 3 is 1.81 bits per heavy atom. The maximum absolute atomic E-state index is 10.1. The summed E-state index contributed by atoms with van der Waals surface area (Å²) in [7, 11) is -5.89. The summed E-state index contributed by atoms with van der Waals surface area (Å²) in [6, 6.07) is 33.1. The Kier molecular flexibility index (Phi) is 9.71. The summed E-state index contributed by atoms with van der Waals surface area (Å²) in [5, 5.41) is -0.803. The molecule has 88 heavy (non-hydrogen) atoms. The Hall–Kier alpha value is -9.45. The van der Waals surface area contributed by atoms with Gasteiger partial charge in [-0.15, -0.1) is 29.7 Å². The van der Waals surface area contributed by atoms with E-state index in [1.165, 1.54) is 18.3 Å². The number of ether oxygens (including phenoxy) is 1. The molecular formula is C81H66N4OPtSi-2. The predicted octanol–water partition coefficient (Wildman–Crippen LogP) is 16.9. The van der Waals surface area contributed by atoms with Gasteiger partial charge in [0, 0.05) is 54.0 Å². The van der Waals surface area contributed by atoms with Gasteiger partial charge in [0.25, 0.3) is 6.33 Å². The zero-order valence-corrected chi connectivity index (χ0v) is 51.7. The van der Waals surface area contributed by atoms with Gasteiger partial charge in [-0.3, -0.25) is 4.57 Å². The maximum atomic E-state index is 10.1. The second-order valence-corrected chi connectivity index (χ2v) is 26.7. The fourth-order valence-electron chi connectivity index (χ4n) is 11.4. The van der Waals surface area contributed by atoms with Crippen molar-refractivity contribution in [3.8, 4) is 62.1 Å². The molecule has 14 rings (SSSR count). The van der Waals surface area contributed by atoms with Gasteiger partial charge in [0.05, 0.1) is 44.1 Å². The number of rotatable bonds is 12. The minimum atomic E-state index is -5.89. The SMILES string of the molecule is [2H]c1c([2H])c([2H])c(-c2cnc(-n3c4[c-]c(Oc5[c-]c(-n6[c-][n+](-c7c(-c8cccc(C(C)(C)C)c8)cccc7[Si](c7c([2H])c([2H])c([2H])c([2H])c7[2H])(c7c([2H])c([2H])c([2H])c([2H])c7[2H])c7c([2H])c([2H])c([2H])c([2H])c7[2H])c7ccc(-c8ccc(C(C)(C)C)cc8)cc76)ccc5)ccc4c4ccccc43)cc2C([2H])([2H])[2H])c([2H])c1[2H].[Pt]. The standard InChI is InChI=1S/C81H66N4OSi.Pt/c1-56-49-78(82-54-72(56)58-25-12-8-13-26-58)85-73-39-21-20-37-70(73)71-47-46-65(53-75(71)85)86-64-30-23-29-63(52-64)83-55-84(74-48-43-59(51-76(74)83)57-41-44-61(45-42-57)80(2,3)4)79-69(60-27-22-28-62(50-60)81(5,6)7)38-24-40-77(79)87(66-31-14-9-15-32-66,67-33-16-10-17-34-67)68-35-18-11-19-36-68;/h8-51,54H,1-7H3;/q-2;/i1D3,8D,9D,10D,11D,12D,13D,14D,15D,16D,17D,18D,19D,25D,26D,31D,32D,33D,34D,35D,36D;. The number of hydrogen-bond acceptors (Lipinski definition) is 2. The topological polar surface area (TPSA) is 35.9 Å². The largest absolute Gasteiger partial charge is 0.510 e. The minimum absolute atomic E-state index is 0. The van der Waals surface area contributed by atoms with Crippen LogP contribution < -0.4 is 30.1 Å². The molecule has 0 aliphatic carbocycles. The minimum Gasteiger partial charge on any atom is -0.510 e. The maximum Gasteiger partial charge on any atom is 0.268 e. The average molecular weight is 1360 g/mol. The normalized spacial score (nSPS) is 15.8. The quantitative estimate of drug-likeness (QED) is 0.0529. The summed E-state index contributed by atoms with van der Waals surface area (Å²) in [5.74, 6) is 0.358. The van der Waals surface area contributed by atoms with E-state index >= 15 is 0 Å². The second kappa shape index (κ2) is 23.3. The van der Waals surface area contributed by atoms with Crippen LogP contribution in [0.5, 0.6) is 11.5 Å². The molecule has 0 aliphatic rings. The number of pyridine rings is 1. The summed E-state index contributed by atoms with van der Waals surface area (Å²) in [5.41, 5.74) is 4.71. The van der Waals surface area contributed by atoms with Gasteiger partial charge in [-0.25, -0.2) is 4.98 Å². The van der Waals surface area contributed by atoms with Crippen molar-refractivity contribution in [3.63, 3.8) is 0 Å². The molecule has 0 N–H and O–H groups in total. The number of benzene rings is 11. The van der Waals surface area contributed by atoms with Gasteiger partial charge in [-0.05, 0) is 112 Å². The molecule has 0 unspecified atom stereocenters. The molecule has 0 saturated heterocycles. The number of imidazole rings is 1. The molecule has 0 radical (unpaired) electrons. The van der Waals surface area contributed by atoms with E-state index in [0.717, 1.165) is 22.1 Å². The van der Waals surface area contributed by atoms with E-state index < -0.39 is 157 Å². The first-order chi connectivity index (χ1) is 51.8. The van der Waals surface area contributed by atoms with Crippen molar-refractivity contribution in [1.82, 2.24) is 14.1 Å². The molecule has 7 heteroatoms. The summed E-state index contributed by atoms with van der Waals surface area (Å²) in [4.78, 5) is 4.72. The third-order valence-electron chi connectivity index (χ3n) is 15.7. The van der Waals surface area contributed by atoms with Gasteiger partial charge >= 0.3 is 0 Å². The number of aryl methyl sites for hydroxylation is 1. The van der Waals surface area contributed by atoms with E-state index in [9.17, 15) is 16.4 Å². The molecule has 3 aromatic heterocycles. The van der Waals surface area contributed by atoms with E-state index in [-0.39, 0.29) is 77.0 Å². The second-order valence-electron chi connectivity index (χ2n) is 23.1. The summed E-state index contributed by atoms with van der Waals surface area (Å²) >= 11 is 0. The molecule has 0 amide bonds. The first kappa shape index (κ1) is 36.6. The Labute approximate surface area is 564 Å². The van der Waals surface area contributed by atoms with Gasteiger partial charge in [0.15, 0.2) is 8.07 Å². The zero-order chi connectivity index (χ0) is 79.3. The van der Waals surface area contributed by atoms with Crippen molar-refractivity contribution in [2.75, 3.05) is 0 Å². The molecule has 0 fully saturated rings. The number of nitrogens with zero attached hydrogens (tertiary/aromatic N) is 4. The van der Waals surface area contributed by atoms with E-state index in [1.54, 1.807) is 62.2 Å². The van der Waals surface area contributed by atoms with Crippen LogP contribution in [0.2, 0.25) is 0 Å². The van der Waals surface area contributed by atoms with Crippen LogP contribution in [-0.4, -0.2) is 22.2 Å². The van der Waals surface area contributed by atoms with Crippen LogP contribution in [0.15, 0.2) is 273 Å². The first-order valence-electron chi connectivity index (χ1n) is 39.6. The fourth-order valence-corrected chi connectivity index (χ4v) is 15.4. The monoisotopic (exact) mass is 1360 g/mol. The molecule has 14 aromatic rings. The van der Waals surface area contributed by atoms with Crippen molar-refractivity contribution < 1.29 is 61.9 Å². The molecule has 0 aliphatic heterocycles. The molecule has 3 heterocycles. The molecule has 0 saturated carbocycles. The van der Waals surface area contributed by atoms with Crippen LogP contribution >= 0.6 is 0 Å². The van der Waals surface area contributed by atoms with Gasteiger partial charge in [-0.2, -0.15) is 18.2 Å². The number of fused-ring (bicyclic) bond motifs is 4. The number of hydrogen-bond donors (Lipinski definition) is 0. The Balaban J connectivity index is 0.0000108. The number of aromatic nitrogens is 4. The smallest absolute Gasteiger partial charge is 0.268 e. The van der Waals surface area contributed by atoms with Crippen molar-refractivity contribution in [2.24, 2.45) is 0 Å². The summed E-state index contributed by atoms with van der Waals surface area (Å²) in [6.45, 7) is 9.47. The number of para-hydroxylation sites is 2.